The molecule has 0 amide bonds. The Bertz CT molecular complexity index is 1320. The van der Waals surface area contributed by atoms with Crippen molar-refractivity contribution in [1.82, 2.24) is 14.5 Å². The third-order valence-corrected chi connectivity index (χ3v) is 6.96. The van der Waals surface area contributed by atoms with Gasteiger partial charge in [0.05, 0.1) is 17.4 Å². The van der Waals surface area contributed by atoms with E-state index in [0.29, 0.717) is 29.0 Å². The van der Waals surface area contributed by atoms with Gasteiger partial charge in [0.15, 0.2) is 0 Å². The van der Waals surface area contributed by atoms with Gasteiger partial charge in [-0.05, 0) is 41.7 Å². The lowest BCUT2D eigenvalue weighted by atomic mass is 9.93. The fraction of sp³-hybridized carbons (Fsp3) is 0.333. The largest absolute Gasteiger partial charge is 0.329 e. The lowest BCUT2D eigenvalue weighted by Gasteiger charge is -2.31. The average molecular weight is 503 g/mol. The lowest BCUT2D eigenvalue weighted by Crippen LogP contribution is -2.38. The minimum atomic E-state index is -0.0316. The number of nitrogens with two attached hydrogens (primary N) is 1. The van der Waals surface area contributed by atoms with Gasteiger partial charge in [-0.1, -0.05) is 86.1 Å². The normalized spacial score (nSPS) is 12.5. The van der Waals surface area contributed by atoms with Crippen LogP contribution >= 0.6 is 11.6 Å². The van der Waals surface area contributed by atoms with E-state index < -0.39 is 0 Å². The van der Waals surface area contributed by atoms with Gasteiger partial charge in [0.25, 0.3) is 5.56 Å². The van der Waals surface area contributed by atoms with Crippen LogP contribution in [0.4, 0.5) is 0 Å². The SMILES string of the molecule is CC(C)C(CN(CCN)CCc1ccccc1)c1nc2cc(Cl)ccc2c(=O)n1Cc1ccccc1. The van der Waals surface area contributed by atoms with Gasteiger partial charge in [0.1, 0.15) is 5.82 Å². The number of benzene rings is 3. The summed E-state index contributed by atoms with van der Waals surface area (Å²) in [7, 11) is 0. The molecule has 1 atom stereocenters. The van der Waals surface area contributed by atoms with Gasteiger partial charge in [0.2, 0.25) is 0 Å². The third-order valence-electron chi connectivity index (χ3n) is 6.73. The maximum atomic E-state index is 13.8. The Labute approximate surface area is 218 Å². The number of nitrogens with zero attached hydrogens (tertiary/aromatic N) is 3. The average Bonchev–Trinajstić information content (AvgIpc) is 2.88. The topological polar surface area (TPSA) is 64.2 Å². The molecule has 0 aliphatic heterocycles. The maximum Gasteiger partial charge on any atom is 0.261 e. The second-order valence-corrected chi connectivity index (χ2v) is 10.1. The van der Waals surface area contributed by atoms with Crippen LogP contribution in [0.25, 0.3) is 10.9 Å². The standard InChI is InChI=1S/C30H35ClN4O/c1-22(2)27(21-34(18-16-32)17-15-23-9-5-3-6-10-23)29-33-28-19-25(31)13-14-26(28)30(36)35(29)20-24-11-7-4-8-12-24/h3-14,19,22,27H,15-18,20-21,32H2,1-2H3. The van der Waals surface area contributed by atoms with Gasteiger partial charge < -0.3 is 10.6 Å². The van der Waals surface area contributed by atoms with Crippen LogP contribution in [0.2, 0.25) is 5.02 Å². The Morgan fingerprint density at radius 2 is 1.61 bits per heavy atom. The van der Waals surface area contributed by atoms with Gasteiger partial charge in [0, 0.05) is 37.1 Å². The van der Waals surface area contributed by atoms with Crippen molar-refractivity contribution in [2.45, 2.75) is 32.7 Å². The molecule has 0 aliphatic rings. The highest BCUT2D eigenvalue weighted by Crippen LogP contribution is 2.27. The molecule has 2 N–H and O–H groups in total. The number of rotatable bonds is 11. The Balaban J connectivity index is 1.73. The van der Waals surface area contributed by atoms with Crippen LogP contribution < -0.4 is 11.3 Å². The van der Waals surface area contributed by atoms with E-state index in [1.54, 1.807) is 18.2 Å². The van der Waals surface area contributed by atoms with Crippen molar-refractivity contribution in [1.29, 1.82) is 0 Å². The number of hydrogen-bond acceptors (Lipinski definition) is 4. The lowest BCUT2D eigenvalue weighted by molar-refractivity contribution is 0.237. The Kier molecular flexibility index (Phi) is 8.92. The molecule has 5 nitrogen and oxygen atoms in total. The van der Waals surface area contributed by atoms with Gasteiger partial charge in [-0.2, -0.15) is 0 Å². The van der Waals surface area contributed by atoms with E-state index in [1.165, 1.54) is 5.56 Å². The number of aromatic nitrogens is 2. The zero-order valence-electron chi connectivity index (χ0n) is 21.1. The molecule has 36 heavy (non-hydrogen) atoms. The molecule has 0 saturated carbocycles. The molecule has 0 spiro atoms. The van der Waals surface area contributed by atoms with E-state index in [1.807, 2.05) is 41.0 Å². The summed E-state index contributed by atoms with van der Waals surface area (Å²) in [6.45, 7) is 7.91. The van der Waals surface area contributed by atoms with Crippen LogP contribution in [0.3, 0.4) is 0 Å². The minimum absolute atomic E-state index is 0.0316. The highest BCUT2D eigenvalue weighted by atomic mass is 35.5. The highest BCUT2D eigenvalue weighted by molar-refractivity contribution is 6.31. The van der Waals surface area contributed by atoms with Gasteiger partial charge in [-0.15, -0.1) is 0 Å². The summed E-state index contributed by atoms with van der Waals surface area (Å²) < 4.78 is 1.86. The van der Waals surface area contributed by atoms with Gasteiger partial charge >= 0.3 is 0 Å². The van der Waals surface area contributed by atoms with Gasteiger partial charge in [-0.3, -0.25) is 9.36 Å². The monoisotopic (exact) mass is 502 g/mol. The molecule has 0 bridgehead atoms. The molecule has 4 aromatic rings. The van der Waals surface area contributed by atoms with E-state index in [-0.39, 0.29) is 17.4 Å². The molecule has 3 aromatic carbocycles. The van der Waals surface area contributed by atoms with Crippen LogP contribution in [0, 0.1) is 5.92 Å². The minimum Gasteiger partial charge on any atom is -0.329 e. The summed E-state index contributed by atoms with van der Waals surface area (Å²) in [6, 6.07) is 25.9. The predicted octanol–water partition coefficient (Wildman–Crippen LogP) is 5.34. The van der Waals surface area contributed by atoms with E-state index in [9.17, 15) is 4.79 Å². The van der Waals surface area contributed by atoms with Crippen molar-refractivity contribution in [2.24, 2.45) is 11.7 Å². The van der Waals surface area contributed by atoms with Crippen molar-refractivity contribution in [3.8, 4) is 0 Å². The molecule has 0 aliphatic carbocycles. The van der Waals surface area contributed by atoms with Crippen LogP contribution in [0.1, 0.15) is 36.7 Å². The Morgan fingerprint density at radius 3 is 2.25 bits per heavy atom. The van der Waals surface area contributed by atoms with E-state index in [0.717, 1.165) is 37.4 Å². The van der Waals surface area contributed by atoms with E-state index in [2.05, 4.69) is 43.0 Å². The number of hydrogen-bond donors (Lipinski definition) is 1. The summed E-state index contributed by atoms with van der Waals surface area (Å²) in [4.78, 5) is 21.2. The molecule has 1 heterocycles. The van der Waals surface area contributed by atoms with Crippen LogP contribution in [-0.2, 0) is 13.0 Å². The zero-order valence-corrected chi connectivity index (χ0v) is 21.9. The Hall–Kier alpha value is -2.99. The first-order valence-electron chi connectivity index (χ1n) is 12.7. The molecule has 1 aromatic heterocycles. The van der Waals surface area contributed by atoms with Crippen LogP contribution in [0.15, 0.2) is 83.7 Å². The molecule has 1 unspecified atom stereocenters. The predicted molar refractivity (Wildman–Crippen MR) is 150 cm³/mol. The molecule has 4 rings (SSSR count). The number of halogens is 1. The van der Waals surface area contributed by atoms with Crippen molar-refractivity contribution >= 4 is 22.5 Å². The summed E-state index contributed by atoms with van der Waals surface area (Å²) in [6.07, 6.45) is 0.948. The first-order chi connectivity index (χ1) is 17.5. The Morgan fingerprint density at radius 1 is 0.944 bits per heavy atom. The summed E-state index contributed by atoms with van der Waals surface area (Å²) in [5.74, 6) is 1.12. The highest BCUT2D eigenvalue weighted by Gasteiger charge is 2.26. The zero-order chi connectivity index (χ0) is 25.5. The second-order valence-electron chi connectivity index (χ2n) is 9.68. The van der Waals surface area contributed by atoms with Crippen molar-refractivity contribution in [2.75, 3.05) is 26.2 Å². The molecule has 0 fully saturated rings. The molecule has 0 saturated heterocycles. The first kappa shape index (κ1) is 26.1. The first-order valence-corrected chi connectivity index (χ1v) is 13.0. The smallest absolute Gasteiger partial charge is 0.261 e. The fourth-order valence-electron chi connectivity index (χ4n) is 4.69. The summed E-state index contributed by atoms with van der Waals surface area (Å²) in [5, 5.41) is 1.17. The number of fused-ring (bicyclic) bond motifs is 1. The second kappa shape index (κ2) is 12.3. The molecule has 0 radical (unpaired) electrons. The molecular weight excluding hydrogens is 468 g/mol. The summed E-state index contributed by atoms with van der Waals surface area (Å²) in [5.41, 5.74) is 9.00. The summed E-state index contributed by atoms with van der Waals surface area (Å²) >= 11 is 6.29. The molecule has 188 valence electrons. The van der Waals surface area contributed by atoms with Crippen molar-refractivity contribution < 1.29 is 0 Å². The van der Waals surface area contributed by atoms with Gasteiger partial charge in [-0.25, -0.2) is 4.98 Å². The van der Waals surface area contributed by atoms with E-state index in [4.69, 9.17) is 22.3 Å². The quantitative estimate of drug-likeness (QED) is 0.300. The fourth-order valence-corrected chi connectivity index (χ4v) is 4.86. The van der Waals surface area contributed by atoms with E-state index >= 15 is 0 Å². The third kappa shape index (κ3) is 6.41. The van der Waals surface area contributed by atoms with Crippen molar-refractivity contribution in [3.63, 3.8) is 0 Å². The van der Waals surface area contributed by atoms with Crippen LogP contribution in [-0.4, -0.2) is 40.6 Å². The van der Waals surface area contributed by atoms with Crippen LogP contribution in [0.5, 0.6) is 0 Å². The molecular formula is C30H35ClN4O. The molecule has 6 heteroatoms. The maximum absolute atomic E-state index is 13.8. The van der Waals surface area contributed by atoms with Crippen molar-refractivity contribution in [3.05, 3.63) is 111 Å².